The van der Waals surface area contributed by atoms with Crippen LogP contribution in [0, 0.1) is 0 Å². The van der Waals surface area contributed by atoms with Gasteiger partial charge in [0.2, 0.25) is 0 Å². The Bertz CT molecular complexity index is 96.3. The molecule has 1 saturated heterocycles. The molecule has 0 aromatic heterocycles. The molecular formula is C8H18N2O. The minimum absolute atomic E-state index is 0.311. The molecule has 1 heterocycles. The Balaban J connectivity index is 2.25. The highest BCUT2D eigenvalue weighted by atomic mass is 16.3. The number of hydrogen-bond donors (Lipinski definition) is 2. The van der Waals surface area contributed by atoms with Crippen molar-refractivity contribution in [2.45, 2.75) is 25.3 Å². The highest BCUT2D eigenvalue weighted by Gasteiger charge is 2.22. The van der Waals surface area contributed by atoms with Crippen LogP contribution in [-0.4, -0.2) is 42.3 Å². The molecule has 11 heavy (non-hydrogen) atoms. The molecule has 0 aromatic rings. The Labute approximate surface area is 68.2 Å². The van der Waals surface area contributed by atoms with E-state index in [4.69, 9.17) is 10.8 Å². The van der Waals surface area contributed by atoms with Gasteiger partial charge in [-0.1, -0.05) is 0 Å². The predicted octanol–water partition coefficient (Wildman–Crippen LogP) is -0.208. The second-order valence-electron chi connectivity index (χ2n) is 3.13. The van der Waals surface area contributed by atoms with Gasteiger partial charge in [-0.05, 0) is 25.8 Å². The summed E-state index contributed by atoms with van der Waals surface area (Å²) in [7, 11) is 0. The summed E-state index contributed by atoms with van der Waals surface area (Å²) in [5.41, 5.74) is 5.46. The van der Waals surface area contributed by atoms with Crippen LogP contribution in [0.25, 0.3) is 0 Å². The molecule has 1 aliphatic heterocycles. The van der Waals surface area contributed by atoms with Crippen LogP contribution in [0.1, 0.15) is 19.3 Å². The lowest BCUT2D eigenvalue weighted by atomic mass is 10.1. The Kier molecular flexibility index (Phi) is 3.83. The number of aliphatic hydroxyl groups excluding tert-OH is 1. The zero-order valence-electron chi connectivity index (χ0n) is 7.00. The van der Waals surface area contributed by atoms with Gasteiger partial charge in [-0.2, -0.15) is 0 Å². The van der Waals surface area contributed by atoms with Crippen molar-refractivity contribution < 1.29 is 5.11 Å². The topological polar surface area (TPSA) is 49.5 Å². The Hall–Kier alpha value is -0.120. The molecule has 1 aliphatic rings. The summed E-state index contributed by atoms with van der Waals surface area (Å²) in [5, 5.41) is 8.75. The van der Waals surface area contributed by atoms with Gasteiger partial charge >= 0.3 is 0 Å². The molecule has 1 unspecified atom stereocenters. The lowest BCUT2D eigenvalue weighted by molar-refractivity contribution is 0.199. The van der Waals surface area contributed by atoms with Gasteiger partial charge in [-0.3, -0.25) is 4.90 Å². The highest BCUT2D eigenvalue weighted by molar-refractivity contribution is 4.78. The first-order valence-corrected chi connectivity index (χ1v) is 4.43. The van der Waals surface area contributed by atoms with Crippen molar-refractivity contribution in [3.63, 3.8) is 0 Å². The molecule has 0 bridgehead atoms. The molecule has 3 heteroatoms. The maximum atomic E-state index is 8.75. The Morgan fingerprint density at radius 3 is 3.00 bits per heavy atom. The van der Waals surface area contributed by atoms with Crippen LogP contribution in [0.15, 0.2) is 0 Å². The molecule has 3 N–H and O–H groups in total. The molecule has 1 atom stereocenters. The first-order valence-electron chi connectivity index (χ1n) is 4.43. The number of likely N-dealkylation sites (tertiary alicyclic amines) is 1. The third kappa shape index (κ3) is 2.43. The lowest BCUT2D eigenvalue weighted by Gasteiger charge is -2.22. The normalized spacial score (nSPS) is 26.2. The molecule has 3 nitrogen and oxygen atoms in total. The Morgan fingerprint density at radius 2 is 2.36 bits per heavy atom. The second-order valence-corrected chi connectivity index (χ2v) is 3.13. The average molecular weight is 158 g/mol. The maximum Gasteiger partial charge on any atom is 0.0445 e. The fourth-order valence-electron chi connectivity index (χ4n) is 1.83. The minimum Gasteiger partial charge on any atom is -0.396 e. The quantitative estimate of drug-likeness (QED) is 0.595. The molecule has 0 aliphatic carbocycles. The third-order valence-corrected chi connectivity index (χ3v) is 2.38. The van der Waals surface area contributed by atoms with E-state index in [2.05, 4.69) is 4.90 Å². The first-order chi connectivity index (χ1) is 5.38. The van der Waals surface area contributed by atoms with E-state index in [0.717, 1.165) is 19.5 Å². The summed E-state index contributed by atoms with van der Waals surface area (Å²) in [4.78, 5) is 2.39. The van der Waals surface area contributed by atoms with Crippen molar-refractivity contribution in [3.8, 4) is 0 Å². The summed E-state index contributed by atoms with van der Waals surface area (Å²) in [5.74, 6) is 0. The summed E-state index contributed by atoms with van der Waals surface area (Å²) in [6.45, 7) is 3.21. The van der Waals surface area contributed by atoms with E-state index < -0.39 is 0 Å². The first kappa shape index (κ1) is 8.97. The molecule has 1 fully saturated rings. The van der Waals surface area contributed by atoms with Crippen molar-refractivity contribution in [1.29, 1.82) is 0 Å². The van der Waals surface area contributed by atoms with E-state index in [1.54, 1.807) is 0 Å². The largest absolute Gasteiger partial charge is 0.396 e. The van der Waals surface area contributed by atoms with E-state index in [-0.39, 0.29) is 0 Å². The van der Waals surface area contributed by atoms with Gasteiger partial charge in [0.15, 0.2) is 0 Å². The Morgan fingerprint density at radius 1 is 1.55 bits per heavy atom. The zero-order chi connectivity index (χ0) is 8.10. The van der Waals surface area contributed by atoms with E-state index in [9.17, 15) is 0 Å². The average Bonchev–Trinajstić information content (AvgIpc) is 2.39. The smallest absolute Gasteiger partial charge is 0.0445 e. The predicted molar refractivity (Wildman–Crippen MR) is 45.4 cm³/mol. The standard InChI is InChI=1S/C8H18N2O/c9-4-6-10-5-1-2-8(10)3-7-11/h8,11H,1-7,9H2. The lowest BCUT2D eigenvalue weighted by Crippen LogP contribution is -2.34. The molecule has 66 valence electrons. The molecule has 0 radical (unpaired) electrons. The molecule has 0 saturated carbocycles. The third-order valence-electron chi connectivity index (χ3n) is 2.38. The fourth-order valence-corrected chi connectivity index (χ4v) is 1.83. The van der Waals surface area contributed by atoms with Crippen LogP contribution in [0.3, 0.4) is 0 Å². The van der Waals surface area contributed by atoms with Crippen LogP contribution in [-0.2, 0) is 0 Å². The molecule has 1 rings (SSSR count). The van der Waals surface area contributed by atoms with Gasteiger partial charge in [0.05, 0.1) is 0 Å². The van der Waals surface area contributed by atoms with Crippen molar-refractivity contribution in [3.05, 3.63) is 0 Å². The summed E-state index contributed by atoms with van der Waals surface area (Å²) >= 11 is 0. The number of nitrogens with zero attached hydrogens (tertiary/aromatic N) is 1. The molecule has 0 spiro atoms. The van der Waals surface area contributed by atoms with Crippen LogP contribution in [0.2, 0.25) is 0 Å². The fraction of sp³-hybridized carbons (Fsp3) is 1.00. The van der Waals surface area contributed by atoms with Gasteiger partial charge in [0, 0.05) is 25.7 Å². The van der Waals surface area contributed by atoms with Gasteiger partial charge in [-0.15, -0.1) is 0 Å². The van der Waals surface area contributed by atoms with E-state index in [0.29, 0.717) is 12.6 Å². The SMILES string of the molecule is NCCN1CCCC1CCO. The minimum atomic E-state index is 0.311. The van der Waals surface area contributed by atoms with Crippen molar-refractivity contribution in [2.24, 2.45) is 5.73 Å². The number of hydrogen-bond acceptors (Lipinski definition) is 3. The van der Waals surface area contributed by atoms with Gasteiger partial charge in [-0.25, -0.2) is 0 Å². The zero-order valence-corrected chi connectivity index (χ0v) is 7.00. The van der Waals surface area contributed by atoms with E-state index >= 15 is 0 Å². The summed E-state index contributed by atoms with van der Waals surface area (Å²) < 4.78 is 0. The van der Waals surface area contributed by atoms with Crippen molar-refractivity contribution >= 4 is 0 Å². The van der Waals surface area contributed by atoms with Gasteiger partial charge in [0.25, 0.3) is 0 Å². The molecule has 0 amide bonds. The van der Waals surface area contributed by atoms with E-state index in [1.807, 2.05) is 0 Å². The van der Waals surface area contributed by atoms with Crippen LogP contribution >= 0.6 is 0 Å². The van der Waals surface area contributed by atoms with Gasteiger partial charge in [0.1, 0.15) is 0 Å². The monoisotopic (exact) mass is 158 g/mol. The van der Waals surface area contributed by atoms with Crippen LogP contribution in [0.4, 0.5) is 0 Å². The van der Waals surface area contributed by atoms with Crippen LogP contribution < -0.4 is 5.73 Å². The van der Waals surface area contributed by atoms with E-state index in [1.165, 1.54) is 19.4 Å². The highest BCUT2D eigenvalue weighted by Crippen LogP contribution is 2.18. The summed E-state index contributed by atoms with van der Waals surface area (Å²) in [6, 6.07) is 0.601. The number of rotatable bonds is 4. The van der Waals surface area contributed by atoms with Crippen LogP contribution in [0.5, 0.6) is 0 Å². The molecule has 0 aromatic carbocycles. The van der Waals surface area contributed by atoms with Crippen molar-refractivity contribution in [1.82, 2.24) is 4.90 Å². The maximum absolute atomic E-state index is 8.75. The second kappa shape index (κ2) is 4.70. The number of nitrogens with two attached hydrogens (primary N) is 1. The number of aliphatic hydroxyl groups is 1. The molecular weight excluding hydrogens is 140 g/mol. The van der Waals surface area contributed by atoms with Crippen molar-refractivity contribution in [2.75, 3.05) is 26.2 Å². The van der Waals surface area contributed by atoms with Gasteiger partial charge < -0.3 is 10.8 Å². The summed E-state index contributed by atoms with van der Waals surface area (Å²) in [6.07, 6.45) is 3.42.